The van der Waals surface area contributed by atoms with E-state index in [4.69, 9.17) is 21.8 Å². The second-order valence-electron chi connectivity index (χ2n) is 6.60. The Hall–Kier alpha value is -1.31. The summed E-state index contributed by atoms with van der Waals surface area (Å²) in [5.74, 6) is -0.602. The van der Waals surface area contributed by atoms with Crippen molar-refractivity contribution in [2.24, 2.45) is 10.7 Å². The molecular formula is C15H24ClFN4OSi. The van der Waals surface area contributed by atoms with Gasteiger partial charge in [0.25, 0.3) is 0 Å². The average Bonchev–Trinajstić information content (AvgIpc) is 2.44. The summed E-state index contributed by atoms with van der Waals surface area (Å²) < 4.78 is 19.7. The minimum atomic E-state index is -1.78. The van der Waals surface area contributed by atoms with Gasteiger partial charge in [0.2, 0.25) is 5.28 Å². The van der Waals surface area contributed by atoms with Gasteiger partial charge in [0.1, 0.15) is 5.69 Å². The fourth-order valence-electron chi connectivity index (χ4n) is 1.46. The third kappa shape index (κ3) is 5.67. The molecule has 1 rings (SSSR count). The maximum absolute atomic E-state index is 13.7. The van der Waals surface area contributed by atoms with Crippen LogP contribution in [0.3, 0.4) is 0 Å². The summed E-state index contributed by atoms with van der Waals surface area (Å²) >= 11 is 5.68. The molecule has 0 atom stereocenters. The third-order valence-electron chi connectivity index (χ3n) is 3.89. The van der Waals surface area contributed by atoms with Crippen molar-refractivity contribution < 1.29 is 8.82 Å². The number of hydrogen-bond acceptors (Lipinski definition) is 5. The maximum atomic E-state index is 13.7. The molecule has 2 N–H and O–H groups in total. The first-order valence-corrected chi connectivity index (χ1v) is 10.6. The van der Waals surface area contributed by atoms with Crippen LogP contribution in [-0.2, 0) is 4.43 Å². The molecule has 0 aliphatic rings. The van der Waals surface area contributed by atoms with Gasteiger partial charge in [-0.05, 0) is 29.7 Å². The standard InChI is InChI=1S/C15H24ClFN4OSi/c1-15(2,3)23(4,5)22-7-6-19-9-11(8-18)13-12(17)10-20-14(16)21-13/h8-10H,6-7,18H2,1-5H3. The Morgan fingerprint density at radius 2 is 2.13 bits per heavy atom. The van der Waals surface area contributed by atoms with Gasteiger partial charge in [-0.3, -0.25) is 4.99 Å². The van der Waals surface area contributed by atoms with Crippen LogP contribution in [0.5, 0.6) is 0 Å². The van der Waals surface area contributed by atoms with E-state index in [9.17, 15) is 4.39 Å². The monoisotopic (exact) mass is 358 g/mol. The van der Waals surface area contributed by atoms with Crippen LogP contribution in [0.1, 0.15) is 26.5 Å². The van der Waals surface area contributed by atoms with Gasteiger partial charge in [-0.2, -0.15) is 0 Å². The highest BCUT2D eigenvalue weighted by Crippen LogP contribution is 2.36. The highest BCUT2D eigenvalue weighted by atomic mass is 35.5. The number of halogens is 2. The van der Waals surface area contributed by atoms with Crippen molar-refractivity contribution in [2.45, 2.75) is 38.9 Å². The summed E-state index contributed by atoms with van der Waals surface area (Å²) in [5.41, 5.74) is 5.89. The molecule has 0 aromatic carbocycles. The highest BCUT2D eigenvalue weighted by molar-refractivity contribution is 6.74. The zero-order chi connectivity index (χ0) is 17.7. The second kappa shape index (κ2) is 7.99. The van der Waals surface area contributed by atoms with E-state index in [2.05, 4.69) is 48.8 Å². The smallest absolute Gasteiger partial charge is 0.223 e. The van der Waals surface area contributed by atoms with E-state index >= 15 is 0 Å². The lowest BCUT2D eigenvalue weighted by Crippen LogP contribution is -2.41. The first-order chi connectivity index (χ1) is 10.6. The van der Waals surface area contributed by atoms with Crippen LogP contribution in [0.2, 0.25) is 23.4 Å². The van der Waals surface area contributed by atoms with Gasteiger partial charge in [-0.25, -0.2) is 14.4 Å². The van der Waals surface area contributed by atoms with E-state index in [0.717, 1.165) is 6.20 Å². The van der Waals surface area contributed by atoms with Gasteiger partial charge in [-0.15, -0.1) is 0 Å². The number of hydrogen-bond donors (Lipinski definition) is 1. The second-order valence-corrected chi connectivity index (χ2v) is 11.7. The quantitative estimate of drug-likeness (QED) is 0.364. The molecule has 0 saturated carbocycles. The van der Waals surface area contributed by atoms with Crippen molar-refractivity contribution in [3.8, 4) is 0 Å². The van der Waals surface area contributed by atoms with Crippen molar-refractivity contribution >= 4 is 31.7 Å². The Balaban J connectivity index is 2.65. The van der Waals surface area contributed by atoms with Gasteiger partial charge >= 0.3 is 0 Å². The minimum Gasteiger partial charge on any atom is -0.415 e. The van der Waals surface area contributed by atoms with E-state index in [0.29, 0.717) is 18.7 Å². The topological polar surface area (TPSA) is 73.4 Å². The number of aromatic nitrogens is 2. The molecular weight excluding hydrogens is 335 g/mol. The Bertz CT molecular complexity index is 600. The first-order valence-electron chi connectivity index (χ1n) is 7.32. The lowest BCUT2D eigenvalue weighted by atomic mass is 10.2. The van der Waals surface area contributed by atoms with Gasteiger partial charge < -0.3 is 10.2 Å². The lowest BCUT2D eigenvalue weighted by Gasteiger charge is -2.35. The van der Waals surface area contributed by atoms with Gasteiger partial charge in [0, 0.05) is 18.0 Å². The Kier molecular flexibility index (Phi) is 6.85. The zero-order valence-electron chi connectivity index (χ0n) is 14.2. The van der Waals surface area contributed by atoms with Gasteiger partial charge in [0.05, 0.1) is 19.3 Å². The normalized spacial score (nSPS) is 13.8. The van der Waals surface area contributed by atoms with E-state index < -0.39 is 14.1 Å². The summed E-state index contributed by atoms with van der Waals surface area (Å²) in [7, 11) is -1.78. The van der Waals surface area contributed by atoms with Crippen molar-refractivity contribution in [3.63, 3.8) is 0 Å². The van der Waals surface area contributed by atoms with Crippen LogP contribution in [-0.4, -0.2) is 37.7 Å². The molecule has 0 spiro atoms. The summed E-state index contributed by atoms with van der Waals surface area (Å²) in [6, 6.07) is 0. The molecule has 0 unspecified atom stereocenters. The molecule has 0 radical (unpaired) electrons. The van der Waals surface area contributed by atoms with Crippen LogP contribution in [0.15, 0.2) is 17.4 Å². The largest absolute Gasteiger partial charge is 0.415 e. The SMILES string of the molecule is CC(C)(C)[Si](C)(C)OCCN=CC(=CN)c1nc(Cl)ncc1F. The molecule has 1 aromatic rings. The fourth-order valence-corrected chi connectivity index (χ4v) is 2.63. The zero-order valence-corrected chi connectivity index (χ0v) is 16.0. The maximum Gasteiger partial charge on any atom is 0.223 e. The molecule has 128 valence electrons. The molecule has 0 aliphatic carbocycles. The van der Waals surface area contributed by atoms with Crippen LogP contribution >= 0.6 is 11.6 Å². The third-order valence-corrected chi connectivity index (χ3v) is 8.61. The predicted molar refractivity (Wildman–Crippen MR) is 95.7 cm³/mol. The van der Waals surface area contributed by atoms with Crippen LogP contribution in [0, 0.1) is 5.82 Å². The van der Waals surface area contributed by atoms with Crippen LogP contribution in [0.25, 0.3) is 5.57 Å². The van der Waals surface area contributed by atoms with Crippen molar-refractivity contribution in [3.05, 3.63) is 29.2 Å². The Morgan fingerprint density at radius 3 is 2.70 bits per heavy atom. The van der Waals surface area contributed by atoms with Crippen LogP contribution < -0.4 is 5.73 Å². The molecule has 0 fully saturated rings. The van der Waals surface area contributed by atoms with Gasteiger partial charge in [-0.1, -0.05) is 20.8 Å². The van der Waals surface area contributed by atoms with E-state index in [-0.39, 0.29) is 16.0 Å². The molecule has 0 amide bonds. The number of nitrogens with zero attached hydrogens (tertiary/aromatic N) is 3. The predicted octanol–water partition coefficient (Wildman–Crippen LogP) is 3.66. The number of aliphatic imine (C=N–C) groups is 1. The molecule has 0 bridgehead atoms. The molecule has 23 heavy (non-hydrogen) atoms. The minimum absolute atomic E-state index is 0.0292. The molecule has 5 nitrogen and oxygen atoms in total. The number of allylic oxidation sites excluding steroid dienone is 1. The average molecular weight is 359 g/mol. The van der Waals surface area contributed by atoms with Crippen molar-refractivity contribution in [1.82, 2.24) is 9.97 Å². The van der Waals surface area contributed by atoms with Crippen molar-refractivity contribution in [2.75, 3.05) is 13.2 Å². The number of nitrogens with two attached hydrogens (primary N) is 1. The summed E-state index contributed by atoms with van der Waals surface area (Å²) in [6.07, 6.45) is 3.71. The molecule has 1 aromatic heterocycles. The fraction of sp³-hybridized carbons (Fsp3) is 0.533. The van der Waals surface area contributed by atoms with E-state index in [1.54, 1.807) is 0 Å². The lowest BCUT2D eigenvalue weighted by molar-refractivity contribution is 0.298. The first kappa shape index (κ1) is 19.7. The van der Waals surface area contributed by atoms with Crippen LogP contribution in [0.4, 0.5) is 4.39 Å². The highest BCUT2D eigenvalue weighted by Gasteiger charge is 2.36. The number of rotatable bonds is 6. The Labute approximate surface area is 143 Å². The molecule has 0 aliphatic heterocycles. The summed E-state index contributed by atoms with van der Waals surface area (Å²) in [5, 5.41) is 0.107. The molecule has 0 saturated heterocycles. The Morgan fingerprint density at radius 1 is 1.48 bits per heavy atom. The molecule has 1 heterocycles. The van der Waals surface area contributed by atoms with Crippen molar-refractivity contribution in [1.29, 1.82) is 0 Å². The summed E-state index contributed by atoms with van der Waals surface area (Å²) in [4.78, 5) is 11.6. The van der Waals surface area contributed by atoms with Gasteiger partial charge in [0.15, 0.2) is 14.1 Å². The van der Waals surface area contributed by atoms with E-state index in [1.165, 1.54) is 12.4 Å². The summed E-state index contributed by atoms with van der Waals surface area (Å²) in [6.45, 7) is 11.9. The molecule has 8 heteroatoms. The van der Waals surface area contributed by atoms with E-state index in [1.807, 2.05) is 0 Å².